The topological polar surface area (TPSA) is 209 Å². The summed E-state index contributed by atoms with van der Waals surface area (Å²) in [6.07, 6.45) is 0. The molecule has 8 heterocycles. The predicted octanol–water partition coefficient (Wildman–Crippen LogP) is 14.8. The highest BCUT2D eigenvalue weighted by Crippen LogP contribution is 2.48. The number of para-hydroxylation sites is 8. The third kappa shape index (κ3) is 22.7. The molecule has 0 aromatic heterocycles. The summed E-state index contributed by atoms with van der Waals surface area (Å²) in [5.74, 6) is 0. The first-order valence-electron chi connectivity index (χ1n) is 43.9. The van der Waals surface area contributed by atoms with Gasteiger partial charge in [-0.05, 0) is 166 Å². The van der Waals surface area contributed by atoms with Crippen LogP contribution in [0.5, 0.6) is 0 Å². The van der Waals surface area contributed by atoms with Crippen LogP contribution in [-0.2, 0) is 43.3 Å². The quantitative estimate of drug-likeness (QED) is 0.0808. The Kier molecular flexibility index (Phi) is 36.2. The van der Waals surface area contributed by atoms with Gasteiger partial charge in [0.15, 0.2) is 45.7 Å². The molecule has 0 amide bonds. The van der Waals surface area contributed by atoms with Gasteiger partial charge in [-0.15, -0.1) is 0 Å². The number of rotatable bonds is 0. The predicted molar refractivity (Wildman–Crippen MR) is 513 cm³/mol. The van der Waals surface area contributed by atoms with Crippen LogP contribution < -0.4 is 40.2 Å². The summed E-state index contributed by atoms with van der Waals surface area (Å²) in [5.41, 5.74) is 46.8. The fourth-order valence-corrected chi connectivity index (χ4v) is 19.1. The van der Waals surface area contributed by atoms with Crippen LogP contribution in [0, 0.1) is 55.4 Å². The summed E-state index contributed by atoms with van der Waals surface area (Å²) in [7, 11) is 4.63. The molecule has 0 unspecified atom stereocenters. The lowest BCUT2D eigenvalue weighted by atomic mass is 9.82. The van der Waals surface area contributed by atoms with Crippen molar-refractivity contribution in [3.63, 3.8) is 0 Å². The Morgan fingerprint density at radius 3 is 0.305 bits per heavy atom. The molecule has 8 aliphatic rings. The van der Waals surface area contributed by atoms with Gasteiger partial charge in [0.05, 0.1) is 43.3 Å². The number of halogens is 4. The van der Waals surface area contributed by atoms with E-state index in [0.29, 0.717) is 0 Å². The largest absolute Gasteiger partial charge is 0.867 e. The monoisotopic (exact) mass is 1750 g/mol. The molecule has 8 aliphatic heterocycles. The molecular formula is C104H144B4F4N8O8. The van der Waals surface area contributed by atoms with Crippen molar-refractivity contribution in [1.82, 2.24) is 0 Å². The summed E-state index contributed by atoms with van der Waals surface area (Å²) in [6.45, 7) is 72.0. The molecular weight excluding hydrogens is 1610 g/mol. The van der Waals surface area contributed by atoms with Gasteiger partial charge in [0, 0.05) is 144 Å². The fraction of sp³-hybridized carbons (Fsp3) is 0.462. The number of nitrogens with zero attached hydrogens (tertiary/aromatic N) is 8. The zero-order valence-electron chi connectivity index (χ0n) is 84.5. The van der Waals surface area contributed by atoms with Crippen LogP contribution in [0.3, 0.4) is 0 Å². The van der Waals surface area contributed by atoms with Gasteiger partial charge in [0.1, 0.15) is 86.0 Å². The molecule has 0 radical (unpaired) electrons. The second kappa shape index (κ2) is 42.3. The Labute approximate surface area is 766 Å². The molecule has 8 aromatic carbocycles. The summed E-state index contributed by atoms with van der Waals surface area (Å²) in [6, 6.07) is 52.7. The standard InChI is InChI=1S/8C13H18N.4BFO2/c8*1-9-7-6-8-11-12(9)14(5)10(2)13(11,3)4;4*2-1(3)4/h8*6-8H,1-5H3;;;;/q8*+1;4*-2. The third-order valence-corrected chi connectivity index (χ3v) is 29.2. The van der Waals surface area contributed by atoms with Gasteiger partial charge in [-0.2, -0.15) is 0 Å². The van der Waals surface area contributed by atoms with E-state index in [1.165, 1.54) is 180 Å². The molecule has 0 atom stereocenters. The minimum Gasteiger partial charge on any atom is -0.867 e. The molecule has 0 bridgehead atoms. The van der Waals surface area contributed by atoms with Crippen LogP contribution in [0.1, 0.15) is 255 Å². The van der Waals surface area contributed by atoms with Crippen LogP contribution in [0.4, 0.5) is 62.8 Å². The van der Waals surface area contributed by atoms with Crippen LogP contribution in [-0.4, -0.2) is 168 Å². The summed E-state index contributed by atoms with van der Waals surface area (Å²) < 4.78 is 58.1. The first kappa shape index (κ1) is 109. The van der Waals surface area contributed by atoms with Crippen molar-refractivity contribution in [2.45, 2.75) is 265 Å². The first-order valence-corrected chi connectivity index (χ1v) is 43.9. The maximum absolute atomic E-state index is 9.89. The average molecular weight is 1750 g/mol. The highest BCUT2D eigenvalue weighted by atomic mass is 19.1. The Balaban J connectivity index is 0.000000253. The zero-order chi connectivity index (χ0) is 98.4. The third-order valence-electron chi connectivity index (χ3n) is 29.2. The van der Waals surface area contributed by atoms with Crippen molar-refractivity contribution in [3.05, 3.63) is 235 Å². The second-order valence-electron chi connectivity index (χ2n) is 39.0. The van der Waals surface area contributed by atoms with Crippen LogP contribution in [0.25, 0.3) is 0 Å². The molecule has 0 saturated heterocycles. The Morgan fingerprint density at radius 2 is 0.242 bits per heavy atom. The van der Waals surface area contributed by atoms with E-state index in [0.717, 1.165) is 0 Å². The van der Waals surface area contributed by atoms with Gasteiger partial charge in [0.25, 0.3) is 0 Å². The normalized spacial score (nSPS) is 17.2. The number of aryl methyl sites for hydroxylation is 8. The lowest BCUT2D eigenvalue weighted by Gasteiger charge is -2.14. The Bertz CT molecular complexity index is 4690. The second-order valence-corrected chi connectivity index (χ2v) is 39.0. The van der Waals surface area contributed by atoms with E-state index in [1.54, 1.807) is 0 Å². The van der Waals surface area contributed by atoms with Gasteiger partial charge < -0.3 is 57.5 Å². The molecule has 0 aliphatic carbocycles. The van der Waals surface area contributed by atoms with Gasteiger partial charge in [0.2, 0.25) is 45.5 Å². The number of benzene rings is 8. The van der Waals surface area contributed by atoms with E-state index < -0.39 is 29.6 Å². The van der Waals surface area contributed by atoms with Crippen molar-refractivity contribution in [2.24, 2.45) is 0 Å². The van der Waals surface area contributed by atoms with E-state index in [2.05, 4.69) is 460 Å². The fourth-order valence-electron chi connectivity index (χ4n) is 19.1. The molecule has 0 fully saturated rings. The molecule has 24 heteroatoms. The Morgan fingerprint density at radius 1 is 0.172 bits per heavy atom. The average Bonchev–Trinajstić information content (AvgIpc) is 1.66. The van der Waals surface area contributed by atoms with E-state index in [1.807, 2.05) is 0 Å². The lowest BCUT2D eigenvalue weighted by molar-refractivity contribution is -0.403. The van der Waals surface area contributed by atoms with Crippen molar-refractivity contribution in [2.75, 3.05) is 56.4 Å². The van der Waals surface area contributed by atoms with Crippen molar-refractivity contribution >= 4 is 121 Å². The molecule has 0 N–H and O–H groups in total. The SMILES string of the molecule is CC1=[N+](C)c2c(C)cccc2C1(C)C.CC1=[N+](C)c2c(C)cccc2C1(C)C.CC1=[N+](C)c2c(C)cccc2C1(C)C.CC1=[N+](C)c2c(C)cccc2C1(C)C.CC1=[N+](C)c2c(C)cccc2C1(C)C.CC1=[N+](C)c2c(C)cccc2C1(C)C.CC1=[N+](C)c2c(C)cccc2C1(C)C.CC1=[N+](C)c2c(C)cccc2C1(C)C.[O-]B([O-])F.[O-]B([O-])F.[O-]B([O-])F.[O-]B([O-])F. The number of hydrogen-bond acceptors (Lipinski definition) is 8. The summed E-state index contributed by atoms with van der Waals surface area (Å²) >= 11 is 0. The van der Waals surface area contributed by atoms with E-state index in [-0.39, 0.29) is 43.3 Å². The van der Waals surface area contributed by atoms with E-state index in [4.69, 9.17) is 40.2 Å². The van der Waals surface area contributed by atoms with E-state index in [9.17, 15) is 17.3 Å². The molecule has 16 nitrogen and oxygen atoms in total. The molecule has 8 aromatic rings. The zero-order valence-corrected chi connectivity index (χ0v) is 84.5. The molecule has 128 heavy (non-hydrogen) atoms. The van der Waals surface area contributed by atoms with Crippen molar-refractivity contribution < 1.29 is 94.1 Å². The molecule has 0 saturated carbocycles. The molecule has 16 rings (SSSR count). The van der Waals surface area contributed by atoms with Gasteiger partial charge >= 0.3 is 0 Å². The molecule has 0 spiro atoms. The van der Waals surface area contributed by atoms with Gasteiger partial charge in [-0.3, -0.25) is 0 Å². The van der Waals surface area contributed by atoms with Crippen LogP contribution >= 0.6 is 0 Å². The van der Waals surface area contributed by atoms with E-state index >= 15 is 0 Å². The first-order chi connectivity index (χ1) is 58.6. The maximum Gasteiger partial charge on any atom is 0.212 e. The van der Waals surface area contributed by atoms with Crippen LogP contribution in [0.15, 0.2) is 146 Å². The minimum absolute atomic E-state index is 0.191. The highest BCUT2D eigenvalue weighted by Gasteiger charge is 2.49. The lowest BCUT2D eigenvalue weighted by Crippen LogP contribution is -2.39. The molecule has 688 valence electrons. The van der Waals surface area contributed by atoms with Crippen molar-refractivity contribution in [3.8, 4) is 0 Å². The summed E-state index contributed by atoms with van der Waals surface area (Å²) in [5, 5.41) is 66.4. The maximum atomic E-state index is 9.89. The van der Waals surface area contributed by atoms with Crippen LogP contribution in [0.2, 0.25) is 0 Å². The van der Waals surface area contributed by atoms with Gasteiger partial charge in [-0.25, -0.2) is 36.6 Å². The number of fused-ring (bicyclic) bond motifs is 8. The Hall–Kier alpha value is -9.22. The summed E-state index contributed by atoms with van der Waals surface area (Å²) in [4.78, 5) is 0. The highest BCUT2D eigenvalue weighted by molar-refractivity contribution is 6.28. The van der Waals surface area contributed by atoms with Gasteiger partial charge in [-0.1, -0.05) is 146 Å². The minimum atomic E-state index is -3.17. The van der Waals surface area contributed by atoms with Crippen molar-refractivity contribution in [1.29, 1.82) is 0 Å². The number of hydrogen-bond donors (Lipinski definition) is 0. The smallest absolute Gasteiger partial charge is 0.212 e.